The van der Waals surface area contributed by atoms with Crippen LogP contribution in [0.3, 0.4) is 0 Å². The fourth-order valence-corrected chi connectivity index (χ4v) is 0.710. The number of hydrogen-bond donors (Lipinski definition) is 0. The van der Waals surface area contributed by atoms with Crippen LogP contribution in [0, 0.1) is 0 Å². The van der Waals surface area contributed by atoms with Crippen LogP contribution in [-0.4, -0.2) is 66.7 Å². The first-order chi connectivity index (χ1) is 6.88. The largest absolute Gasteiger partial charge is 0.412 e. The van der Waals surface area contributed by atoms with E-state index in [0.717, 1.165) is 0 Å². The molecule has 0 aromatic heterocycles. The molecule has 0 saturated heterocycles. The van der Waals surface area contributed by atoms with Crippen molar-refractivity contribution in [3.63, 3.8) is 0 Å². The Labute approximate surface area is 92.5 Å². The molecular formula is C8H15N2O4Si. The quantitative estimate of drug-likeness (QED) is 0.517. The van der Waals surface area contributed by atoms with Crippen molar-refractivity contribution in [3.05, 3.63) is 0 Å². The smallest absolute Gasteiger partial charge is 0.409 e. The van der Waals surface area contributed by atoms with Crippen LogP contribution in [-0.2, 0) is 9.47 Å². The second-order valence-corrected chi connectivity index (χ2v) is 3.60. The highest BCUT2D eigenvalue weighted by molar-refractivity contribution is 6.08. The van der Waals surface area contributed by atoms with Crippen molar-refractivity contribution in [2.75, 3.05) is 28.2 Å². The first-order valence-electron chi connectivity index (χ1n) is 4.29. The van der Waals surface area contributed by atoms with Crippen molar-refractivity contribution in [2.24, 2.45) is 0 Å². The van der Waals surface area contributed by atoms with Gasteiger partial charge in [-0.2, -0.15) is 0 Å². The summed E-state index contributed by atoms with van der Waals surface area (Å²) in [4.78, 5) is 24.8. The van der Waals surface area contributed by atoms with Gasteiger partial charge in [-0.25, -0.2) is 9.59 Å². The molecule has 0 spiro atoms. The summed E-state index contributed by atoms with van der Waals surface area (Å²) in [5.74, 6) is 0. The molecule has 85 valence electrons. The zero-order chi connectivity index (χ0) is 12.0. The lowest BCUT2D eigenvalue weighted by molar-refractivity contribution is -0.0628. The van der Waals surface area contributed by atoms with Crippen molar-refractivity contribution in [1.29, 1.82) is 0 Å². The van der Waals surface area contributed by atoms with Gasteiger partial charge in [-0.15, -0.1) is 0 Å². The zero-order valence-electron chi connectivity index (χ0n) is 9.31. The number of ether oxygens (including phenoxy) is 2. The van der Waals surface area contributed by atoms with E-state index in [1.807, 2.05) is 0 Å². The SMILES string of the molecule is CN(C)C(=O)OC(C[Si])OC(=O)N(C)C. The molecule has 0 heterocycles. The van der Waals surface area contributed by atoms with E-state index < -0.39 is 18.5 Å². The monoisotopic (exact) mass is 231 g/mol. The van der Waals surface area contributed by atoms with Crippen LogP contribution in [0.1, 0.15) is 0 Å². The van der Waals surface area contributed by atoms with Crippen LogP contribution in [0.2, 0.25) is 6.04 Å². The molecule has 2 amide bonds. The maximum absolute atomic E-state index is 11.1. The Morgan fingerprint density at radius 2 is 1.40 bits per heavy atom. The molecule has 0 saturated carbocycles. The van der Waals surface area contributed by atoms with Gasteiger partial charge in [0.2, 0.25) is 6.29 Å². The summed E-state index contributed by atoms with van der Waals surface area (Å²) >= 11 is 0. The average Bonchev–Trinajstić information content (AvgIpc) is 2.15. The van der Waals surface area contributed by atoms with Crippen LogP contribution in [0.25, 0.3) is 0 Å². The Bertz CT molecular complexity index is 211. The second kappa shape index (κ2) is 6.28. The van der Waals surface area contributed by atoms with E-state index in [9.17, 15) is 9.59 Å². The standard InChI is InChI=1S/C8H15N2O4Si/c1-9(2)7(11)13-6(5-15)14-8(12)10(3)4/h6H,5H2,1-4H3. The highest BCUT2D eigenvalue weighted by atomic mass is 28.1. The highest BCUT2D eigenvalue weighted by Crippen LogP contribution is 2.03. The van der Waals surface area contributed by atoms with Crippen molar-refractivity contribution >= 4 is 22.4 Å². The molecule has 0 N–H and O–H groups in total. The fraction of sp³-hybridized carbons (Fsp3) is 0.750. The third-order valence-electron chi connectivity index (χ3n) is 1.36. The maximum Gasteiger partial charge on any atom is 0.412 e. The van der Waals surface area contributed by atoms with Crippen LogP contribution >= 0.6 is 0 Å². The van der Waals surface area contributed by atoms with Crippen LogP contribution in [0.5, 0.6) is 0 Å². The van der Waals surface area contributed by atoms with E-state index in [1.54, 1.807) is 28.2 Å². The van der Waals surface area contributed by atoms with Gasteiger partial charge in [-0.3, -0.25) is 0 Å². The summed E-state index contributed by atoms with van der Waals surface area (Å²) in [6, 6.07) is 0.221. The lowest BCUT2D eigenvalue weighted by atomic mass is 10.7. The minimum Gasteiger partial charge on any atom is -0.409 e. The summed E-state index contributed by atoms with van der Waals surface area (Å²) in [5, 5.41) is 0. The first kappa shape index (κ1) is 13.8. The minimum atomic E-state index is -0.925. The van der Waals surface area contributed by atoms with E-state index in [2.05, 4.69) is 10.2 Å². The van der Waals surface area contributed by atoms with Crippen molar-refractivity contribution < 1.29 is 19.1 Å². The van der Waals surface area contributed by atoms with Crippen LogP contribution < -0.4 is 0 Å². The fourth-order valence-electron chi connectivity index (χ4n) is 0.543. The van der Waals surface area contributed by atoms with Gasteiger partial charge in [0, 0.05) is 44.5 Å². The first-order valence-corrected chi connectivity index (χ1v) is 4.99. The Hall–Kier alpha value is -1.24. The molecular weight excluding hydrogens is 216 g/mol. The number of carbonyl (C=O) groups is 2. The number of nitrogens with zero attached hydrogens (tertiary/aromatic N) is 2. The summed E-state index contributed by atoms with van der Waals surface area (Å²) < 4.78 is 9.70. The van der Waals surface area contributed by atoms with E-state index in [4.69, 9.17) is 9.47 Å². The molecule has 0 fully saturated rings. The zero-order valence-corrected chi connectivity index (χ0v) is 10.3. The summed E-state index contributed by atoms with van der Waals surface area (Å²) in [6.07, 6.45) is -2.05. The van der Waals surface area contributed by atoms with Crippen molar-refractivity contribution in [1.82, 2.24) is 9.80 Å². The molecule has 0 atom stereocenters. The van der Waals surface area contributed by atoms with E-state index in [0.29, 0.717) is 0 Å². The number of rotatable bonds is 3. The Morgan fingerprint density at radius 1 is 1.07 bits per heavy atom. The predicted octanol–water partition coefficient (Wildman–Crippen LogP) is 0.296. The highest BCUT2D eigenvalue weighted by Gasteiger charge is 2.18. The Morgan fingerprint density at radius 3 is 1.60 bits per heavy atom. The molecule has 7 heteroatoms. The van der Waals surface area contributed by atoms with E-state index in [-0.39, 0.29) is 6.04 Å². The molecule has 0 aromatic carbocycles. The lowest BCUT2D eigenvalue weighted by Crippen LogP contribution is -2.33. The van der Waals surface area contributed by atoms with Gasteiger partial charge in [-0.05, 0) is 0 Å². The van der Waals surface area contributed by atoms with Crippen LogP contribution in [0.4, 0.5) is 9.59 Å². The third kappa shape index (κ3) is 5.26. The summed E-state index contributed by atoms with van der Waals surface area (Å²) in [7, 11) is 9.30. The lowest BCUT2D eigenvalue weighted by Gasteiger charge is -2.20. The molecule has 0 aliphatic carbocycles. The summed E-state index contributed by atoms with van der Waals surface area (Å²) in [5.41, 5.74) is 0. The average molecular weight is 231 g/mol. The Balaban J connectivity index is 4.15. The molecule has 0 unspecified atom stereocenters. The molecule has 0 rings (SSSR count). The van der Waals surface area contributed by atoms with Gasteiger partial charge in [0.15, 0.2) is 0 Å². The number of carbonyl (C=O) groups excluding carboxylic acids is 2. The maximum atomic E-state index is 11.1. The minimum absolute atomic E-state index is 0.221. The van der Waals surface area contributed by atoms with Gasteiger partial charge in [0.25, 0.3) is 0 Å². The number of hydrogen-bond acceptors (Lipinski definition) is 4. The molecule has 0 aliphatic rings. The van der Waals surface area contributed by atoms with Crippen molar-refractivity contribution in [2.45, 2.75) is 12.3 Å². The molecule has 15 heavy (non-hydrogen) atoms. The van der Waals surface area contributed by atoms with Gasteiger partial charge in [0.05, 0.1) is 0 Å². The molecule has 3 radical (unpaired) electrons. The molecule has 0 aromatic rings. The molecule has 0 aliphatic heterocycles. The summed E-state index contributed by atoms with van der Waals surface area (Å²) in [6.45, 7) is 0. The van der Waals surface area contributed by atoms with Gasteiger partial charge >= 0.3 is 12.2 Å². The molecule has 6 nitrogen and oxygen atoms in total. The van der Waals surface area contributed by atoms with Gasteiger partial charge < -0.3 is 19.3 Å². The van der Waals surface area contributed by atoms with Crippen LogP contribution in [0.15, 0.2) is 0 Å². The molecule has 0 bridgehead atoms. The van der Waals surface area contributed by atoms with Gasteiger partial charge in [-0.1, -0.05) is 0 Å². The third-order valence-corrected chi connectivity index (χ3v) is 1.69. The Kier molecular flexibility index (Phi) is 5.76. The predicted molar refractivity (Wildman–Crippen MR) is 54.7 cm³/mol. The van der Waals surface area contributed by atoms with Gasteiger partial charge in [0.1, 0.15) is 0 Å². The van der Waals surface area contributed by atoms with Crippen molar-refractivity contribution in [3.8, 4) is 0 Å². The second-order valence-electron chi connectivity index (χ2n) is 3.19. The van der Waals surface area contributed by atoms with E-state index >= 15 is 0 Å². The van der Waals surface area contributed by atoms with E-state index in [1.165, 1.54) is 9.80 Å². The number of amides is 2. The normalized spacial score (nSPS) is 9.73. The topological polar surface area (TPSA) is 59.1 Å².